The van der Waals surface area contributed by atoms with Gasteiger partial charge in [-0.1, -0.05) is 182 Å². The first-order valence-electron chi connectivity index (χ1n) is 32.6. The summed E-state index contributed by atoms with van der Waals surface area (Å²) in [4.78, 5) is 48.8. The maximum Gasteiger partial charge on any atom is 0.0972 e. The number of hydrogen-bond acceptors (Lipinski definition) is 10. The van der Waals surface area contributed by atoms with Crippen LogP contribution in [0.25, 0.3) is 198 Å². The molecule has 20 aromatic rings. The van der Waals surface area contributed by atoms with Crippen LogP contribution in [0.3, 0.4) is 0 Å². The van der Waals surface area contributed by atoms with Gasteiger partial charge in [0, 0.05) is 113 Å². The molecule has 10 aromatic heterocycles. The van der Waals surface area contributed by atoms with Crippen LogP contribution in [-0.4, -0.2) is 49.8 Å². The second kappa shape index (κ2) is 23.2. The summed E-state index contributed by atoms with van der Waals surface area (Å²) >= 11 is 0. The molecular formula is C88H52N10. The molecule has 10 aromatic carbocycles. The van der Waals surface area contributed by atoms with Crippen molar-refractivity contribution in [1.82, 2.24) is 49.8 Å². The standard InChI is InChI=1S/C52H30N6.C36H22N4/c1-3-33-7-8-35-18-21-45(58-51(35)49(33)53-24-1)40-14-12-36-27-37(10-11-38(36)28-40)39-9-5-31-16-20-44(56-47(31)29-39)41-13-6-32-17-22-46(57-48(32)30-41)42-23-26-55-52-43(42)19-15-34-4-2-25-54-50(34)52;1-2-6-23(7-3-1)26-12-10-24-14-16-31(39-33(24)21-26)27-13-11-25-15-17-32(40-34(25)22-27)30-20-28-8-4-18-37-35(28)36-29(30)9-5-19-38-36/h1-30H;1-22H. The summed E-state index contributed by atoms with van der Waals surface area (Å²) in [5, 5.41) is 13.1. The zero-order valence-electron chi connectivity index (χ0n) is 52.5. The predicted octanol–water partition coefficient (Wildman–Crippen LogP) is 21.7. The molecule has 0 amide bonds. The van der Waals surface area contributed by atoms with Gasteiger partial charge in [-0.3, -0.25) is 24.9 Å². The van der Waals surface area contributed by atoms with E-state index >= 15 is 0 Å². The van der Waals surface area contributed by atoms with Crippen LogP contribution in [0.5, 0.6) is 0 Å². The fourth-order valence-electron chi connectivity index (χ4n) is 13.8. The van der Waals surface area contributed by atoms with Crippen LogP contribution < -0.4 is 0 Å². The monoisotopic (exact) mass is 1250 g/mol. The molecule has 0 atom stereocenters. The quantitative estimate of drug-likeness (QED) is 0.142. The molecule has 0 aliphatic carbocycles. The minimum atomic E-state index is 0.880. The van der Waals surface area contributed by atoms with E-state index in [0.717, 1.165) is 187 Å². The second-order valence-corrected chi connectivity index (χ2v) is 24.8. The molecule has 10 nitrogen and oxygen atoms in total. The summed E-state index contributed by atoms with van der Waals surface area (Å²) in [5.41, 5.74) is 23.6. The largest absolute Gasteiger partial charge is 0.254 e. The Morgan fingerprint density at radius 3 is 1.11 bits per heavy atom. The van der Waals surface area contributed by atoms with Gasteiger partial charge < -0.3 is 0 Å². The van der Waals surface area contributed by atoms with Gasteiger partial charge in [-0.05, 0) is 136 Å². The predicted molar refractivity (Wildman–Crippen MR) is 401 cm³/mol. The lowest BCUT2D eigenvalue weighted by atomic mass is 9.98. The van der Waals surface area contributed by atoms with E-state index in [1.165, 1.54) is 10.9 Å². The molecular weight excluding hydrogens is 1200 g/mol. The lowest BCUT2D eigenvalue weighted by Gasteiger charge is -2.11. The van der Waals surface area contributed by atoms with Crippen molar-refractivity contribution >= 4 is 120 Å². The van der Waals surface area contributed by atoms with E-state index in [0.29, 0.717) is 0 Å². The number of nitrogens with zero attached hydrogens (tertiary/aromatic N) is 10. The van der Waals surface area contributed by atoms with E-state index in [4.69, 9.17) is 29.9 Å². The molecule has 0 fully saturated rings. The van der Waals surface area contributed by atoms with Gasteiger partial charge in [0.25, 0.3) is 0 Å². The Morgan fingerprint density at radius 1 is 0.163 bits per heavy atom. The average molecular weight is 1250 g/mol. The molecule has 10 heterocycles. The van der Waals surface area contributed by atoms with Crippen LogP contribution in [0.15, 0.2) is 316 Å². The van der Waals surface area contributed by atoms with Gasteiger partial charge in [0.1, 0.15) is 0 Å². The van der Waals surface area contributed by atoms with E-state index in [1.807, 2.05) is 67.4 Å². The van der Waals surface area contributed by atoms with Crippen molar-refractivity contribution in [2.24, 2.45) is 0 Å². The van der Waals surface area contributed by atoms with Crippen LogP contribution in [0.4, 0.5) is 0 Å². The van der Waals surface area contributed by atoms with E-state index in [9.17, 15) is 0 Å². The average Bonchev–Trinajstić information content (AvgIpc) is 0.775. The molecule has 0 saturated carbocycles. The summed E-state index contributed by atoms with van der Waals surface area (Å²) in [5.74, 6) is 0. The van der Waals surface area contributed by atoms with Crippen LogP contribution in [0, 0.1) is 0 Å². The van der Waals surface area contributed by atoms with Gasteiger partial charge in [0.05, 0.1) is 83.6 Å². The highest BCUT2D eigenvalue weighted by Gasteiger charge is 2.16. The highest BCUT2D eigenvalue weighted by molar-refractivity contribution is 6.11. The second-order valence-electron chi connectivity index (χ2n) is 24.8. The fourth-order valence-corrected chi connectivity index (χ4v) is 13.8. The molecule has 10 heteroatoms. The zero-order valence-corrected chi connectivity index (χ0v) is 52.5. The third-order valence-electron chi connectivity index (χ3n) is 18.9. The van der Waals surface area contributed by atoms with Crippen molar-refractivity contribution in [2.45, 2.75) is 0 Å². The van der Waals surface area contributed by atoms with Crippen LogP contribution in [-0.2, 0) is 0 Å². The number of aromatic nitrogens is 10. The smallest absolute Gasteiger partial charge is 0.0972 e. The number of fused-ring (bicyclic) bond motifs is 14. The van der Waals surface area contributed by atoms with Crippen molar-refractivity contribution in [3.05, 3.63) is 316 Å². The minimum Gasteiger partial charge on any atom is -0.254 e. The molecule has 0 saturated heterocycles. The third-order valence-corrected chi connectivity index (χ3v) is 18.9. The zero-order chi connectivity index (χ0) is 64.6. The molecule has 454 valence electrons. The maximum atomic E-state index is 5.18. The lowest BCUT2D eigenvalue weighted by molar-refractivity contribution is 1.35. The highest BCUT2D eigenvalue weighted by atomic mass is 14.8. The Morgan fingerprint density at radius 2 is 0.520 bits per heavy atom. The SMILES string of the molecule is c1ccc(-c2ccc3ccc(-c4ccc5ccc(-c6cc7cccnc7c7ncccc67)nc5c4)nc3c2)cc1.c1cnc2c(c1)ccc1ccc(-c3ccc4cc(-c5ccc6ccc(-c7ccc8ccc(-c9ccnc%10c9ccc9cccnc9%10)nc8c7)nc6c5)ccc4c3)nc12. The molecule has 0 aliphatic heterocycles. The first-order chi connectivity index (χ1) is 48.5. The first-order valence-corrected chi connectivity index (χ1v) is 32.6. The minimum absolute atomic E-state index is 0.880. The topological polar surface area (TPSA) is 129 Å². The van der Waals surface area contributed by atoms with Gasteiger partial charge in [-0.2, -0.15) is 0 Å². The summed E-state index contributed by atoms with van der Waals surface area (Å²) in [6, 6.07) is 99.4. The van der Waals surface area contributed by atoms with E-state index in [-0.39, 0.29) is 0 Å². The van der Waals surface area contributed by atoms with E-state index in [2.05, 4.69) is 269 Å². The Kier molecular flexibility index (Phi) is 13.3. The normalized spacial score (nSPS) is 11.7. The Hall–Kier alpha value is -13.4. The Labute approximate surface area is 561 Å². The van der Waals surface area contributed by atoms with Gasteiger partial charge in [0.15, 0.2) is 0 Å². The lowest BCUT2D eigenvalue weighted by Crippen LogP contribution is -1.92. The van der Waals surface area contributed by atoms with Gasteiger partial charge in [0.2, 0.25) is 0 Å². The molecule has 20 rings (SSSR count). The van der Waals surface area contributed by atoms with Crippen molar-refractivity contribution in [2.75, 3.05) is 0 Å². The molecule has 0 aliphatic rings. The number of rotatable bonds is 7. The molecule has 0 bridgehead atoms. The highest BCUT2D eigenvalue weighted by Crippen LogP contribution is 2.38. The Bertz CT molecular complexity index is 6650. The van der Waals surface area contributed by atoms with Crippen LogP contribution >= 0.6 is 0 Å². The summed E-state index contributed by atoms with van der Waals surface area (Å²) in [6.45, 7) is 0. The molecule has 0 spiro atoms. The molecule has 0 N–H and O–H groups in total. The van der Waals surface area contributed by atoms with Crippen LogP contribution in [0.1, 0.15) is 0 Å². The van der Waals surface area contributed by atoms with Crippen molar-refractivity contribution in [1.29, 1.82) is 0 Å². The van der Waals surface area contributed by atoms with Gasteiger partial charge >= 0.3 is 0 Å². The first kappa shape index (κ1) is 56.1. The number of pyridine rings is 10. The Balaban J connectivity index is 0.000000147. The third kappa shape index (κ3) is 10.1. The van der Waals surface area contributed by atoms with Gasteiger partial charge in [-0.25, -0.2) is 24.9 Å². The summed E-state index contributed by atoms with van der Waals surface area (Å²) in [6.07, 6.45) is 9.13. The van der Waals surface area contributed by atoms with E-state index in [1.54, 1.807) is 0 Å². The van der Waals surface area contributed by atoms with Crippen LogP contribution in [0.2, 0.25) is 0 Å². The van der Waals surface area contributed by atoms with Crippen molar-refractivity contribution in [3.63, 3.8) is 0 Å². The molecule has 0 unspecified atom stereocenters. The van der Waals surface area contributed by atoms with Crippen molar-refractivity contribution in [3.8, 4) is 78.5 Å². The molecule has 98 heavy (non-hydrogen) atoms. The van der Waals surface area contributed by atoms with Gasteiger partial charge in [-0.15, -0.1) is 0 Å². The molecule has 0 radical (unpaired) electrons. The fraction of sp³-hybridized carbons (Fsp3) is 0. The van der Waals surface area contributed by atoms with E-state index < -0.39 is 0 Å². The summed E-state index contributed by atoms with van der Waals surface area (Å²) < 4.78 is 0. The number of benzene rings is 10. The van der Waals surface area contributed by atoms with Crippen molar-refractivity contribution < 1.29 is 0 Å². The number of hydrogen-bond donors (Lipinski definition) is 0. The summed E-state index contributed by atoms with van der Waals surface area (Å²) in [7, 11) is 0. The maximum absolute atomic E-state index is 5.18.